The number of piperidine rings is 1. The monoisotopic (exact) mass is 422 g/mol. The predicted octanol–water partition coefficient (Wildman–Crippen LogP) is 2.40. The van der Waals surface area contributed by atoms with E-state index in [4.69, 9.17) is 4.74 Å². The second-order valence-corrected chi connectivity index (χ2v) is 9.39. The summed E-state index contributed by atoms with van der Waals surface area (Å²) in [6, 6.07) is 6.43. The van der Waals surface area contributed by atoms with Crippen molar-refractivity contribution in [1.82, 2.24) is 19.6 Å². The Labute approximate surface area is 171 Å². The van der Waals surface area contributed by atoms with E-state index in [1.54, 1.807) is 31.4 Å². The van der Waals surface area contributed by atoms with E-state index in [0.717, 1.165) is 43.2 Å². The molecule has 0 bridgehead atoms. The molecular weight excluding hydrogens is 396 g/mol. The first-order valence-electron chi connectivity index (χ1n) is 9.21. The number of sulfonamides is 1. The van der Waals surface area contributed by atoms with Gasteiger partial charge in [-0.3, -0.25) is 4.90 Å². The van der Waals surface area contributed by atoms with E-state index in [-0.39, 0.29) is 10.8 Å². The van der Waals surface area contributed by atoms with Gasteiger partial charge in [-0.15, -0.1) is 0 Å². The second kappa shape index (κ2) is 9.69. The van der Waals surface area contributed by atoms with Crippen molar-refractivity contribution in [3.63, 3.8) is 0 Å². The summed E-state index contributed by atoms with van der Waals surface area (Å²) in [5.74, 6) is 0.921. The van der Waals surface area contributed by atoms with Crippen molar-refractivity contribution < 1.29 is 13.2 Å². The molecule has 1 aliphatic heterocycles. The Morgan fingerprint density at radius 2 is 1.96 bits per heavy atom. The molecule has 7 nitrogen and oxygen atoms in total. The number of hydrogen-bond acceptors (Lipinski definition) is 7. The minimum absolute atomic E-state index is 0.256. The Hall–Kier alpha value is -1.68. The van der Waals surface area contributed by atoms with Crippen molar-refractivity contribution in [2.24, 2.45) is 5.92 Å². The molecule has 28 heavy (non-hydrogen) atoms. The van der Waals surface area contributed by atoms with Gasteiger partial charge in [-0.2, -0.15) is 0 Å². The van der Waals surface area contributed by atoms with Crippen molar-refractivity contribution in [3.8, 4) is 5.75 Å². The molecule has 2 heterocycles. The molecule has 1 atom stereocenters. The lowest BCUT2D eigenvalue weighted by atomic mass is 9.98. The third-order valence-electron chi connectivity index (χ3n) is 4.81. The first kappa shape index (κ1) is 21.0. The van der Waals surface area contributed by atoms with E-state index in [0.29, 0.717) is 12.3 Å². The number of nitrogens with one attached hydrogen (secondary N) is 1. The van der Waals surface area contributed by atoms with Crippen molar-refractivity contribution in [2.45, 2.75) is 29.4 Å². The van der Waals surface area contributed by atoms with E-state index < -0.39 is 10.0 Å². The summed E-state index contributed by atoms with van der Waals surface area (Å²) >= 11 is 1.53. The smallest absolute Gasteiger partial charge is 0.240 e. The van der Waals surface area contributed by atoms with Gasteiger partial charge >= 0.3 is 0 Å². The average molecular weight is 423 g/mol. The van der Waals surface area contributed by atoms with Crippen LogP contribution < -0.4 is 9.46 Å². The lowest BCUT2D eigenvalue weighted by molar-refractivity contribution is 0.168. The second-order valence-electron chi connectivity index (χ2n) is 6.85. The fourth-order valence-electron chi connectivity index (χ4n) is 3.32. The summed E-state index contributed by atoms with van der Waals surface area (Å²) in [6.45, 7) is 3.09. The third-order valence-corrected chi connectivity index (χ3v) is 6.82. The molecule has 0 radical (unpaired) electrons. The molecule has 1 saturated heterocycles. The van der Waals surface area contributed by atoms with Gasteiger partial charge in [-0.25, -0.2) is 23.1 Å². The van der Waals surface area contributed by atoms with Crippen LogP contribution in [0, 0.1) is 5.92 Å². The number of thioether (sulfide) groups is 1. The maximum Gasteiger partial charge on any atom is 0.240 e. The highest BCUT2D eigenvalue weighted by Crippen LogP contribution is 2.20. The lowest BCUT2D eigenvalue weighted by Crippen LogP contribution is -2.40. The maximum atomic E-state index is 12.5. The topological polar surface area (TPSA) is 84.4 Å². The third kappa shape index (κ3) is 5.66. The number of likely N-dealkylation sites (tertiary alicyclic amines) is 1. The minimum Gasteiger partial charge on any atom is -0.497 e. The van der Waals surface area contributed by atoms with E-state index >= 15 is 0 Å². The van der Waals surface area contributed by atoms with Crippen LogP contribution in [-0.2, 0) is 16.6 Å². The molecule has 0 amide bonds. The number of hydrogen-bond donors (Lipinski definition) is 1. The SMILES string of the molecule is COc1ccc(S(=O)(=O)NC[C@@H]2CCCN(Cc3cnc(SC)nc3)C2)cc1. The van der Waals surface area contributed by atoms with Gasteiger partial charge in [0.25, 0.3) is 0 Å². The summed E-state index contributed by atoms with van der Waals surface area (Å²) in [5.41, 5.74) is 1.08. The molecule has 9 heteroatoms. The summed E-state index contributed by atoms with van der Waals surface area (Å²) in [7, 11) is -1.96. The minimum atomic E-state index is -3.52. The van der Waals surface area contributed by atoms with Crippen LogP contribution in [0.15, 0.2) is 46.7 Å². The summed E-state index contributed by atoms with van der Waals surface area (Å²) in [6.07, 6.45) is 7.77. The van der Waals surface area contributed by atoms with Gasteiger partial charge in [0.2, 0.25) is 10.0 Å². The predicted molar refractivity (Wildman–Crippen MR) is 110 cm³/mol. The molecule has 1 aromatic carbocycles. The van der Waals surface area contributed by atoms with E-state index in [1.165, 1.54) is 11.8 Å². The Morgan fingerprint density at radius 3 is 2.61 bits per heavy atom. The Kier molecular flexibility index (Phi) is 7.28. The quantitative estimate of drug-likeness (QED) is 0.516. The summed E-state index contributed by atoms with van der Waals surface area (Å²) < 4.78 is 32.9. The molecule has 0 aliphatic carbocycles. The number of rotatable bonds is 8. The number of benzene rings is 1. The number of nitrogens with zero attached hydrogens (tertiary/aromatic N) is 3. The largest absolute Gasteiger partial charge is 0.497 e. The number of ether oxygens (including phenoxy) is 1. The maximum absolute atomic E-state index is 12.5. The Bertz CT molecular complexity index is 858. The van der Waals surface area contributed by atoms with E-state index in [2.05, 4.69) is 19.6 Å². The van der Waals surface area contributed by atoms with Crippen LogP contribution >= 0.6 is 11.8 Å². The highest BCUT2D eigenvalue weighted by atomic mass is 32.2. The molecule has 3 rings (SSSR count). The normalized spacial score (nSPS) is 18.1. The van der Waals surface area contributed by atoms with Gasteiger partial charge in [-0.05, 0) is 55.8 Å². The zero-order valence-corrected chi connectivity index (χ0v) is 17.8. The lowest BCUT2D eigenvalue weighted by Gasteiger charge is -2.32. The first-order valence-corrected chi connectivity index (χ1v) is 11.9. The van der Waals surface area contributed by atoms with Crippen molar-refractivity contribution >= 4 is 21.8 Å². The van der Waals surface area contributed by atoms with Gasteiger partial charge in [-0.1, -0.05) is 11.8 Å². The fourth-order valence-corrected chi connectivity index (χ4v) is 4.75. The average Bonchev–Trinajstić information content (AvgIpc) is 2.73. The van der Waals surface area contributed by atoms with Gasteiger partial charge in [0.15, 0.2) is 5.16 Å². The first-order chi connectivity index (χ1) is 13.5. The zero-order valence-electron chi connectivity index (χ0n) is 16.2. The van der Waals surface area contributed by atoms with Gasteiger partial charge in [0.1, 0.15) is 5.75 Å². The Balaban J connectivity index is 1.53. The number of aromatic nitrogens is 2. The van der Waals surface area contributed by atoms with Crippen LogP contribution in [0.5, 0.6) is 5.75 Å². The molecule has 0 unspecified atom stereocenters. The molecule has 152 valence electrons. The van der Waals surface area contributed by atoms with Crippen LogP contribution in [0.25, 0.3) is 0 Å². The van der Waals surface area contributed by atoms with Crippen LogP contribution in [0.2, 0.25) is 0 Å². The molecule has 2 aromatic rings. The molecule has 1 aromatic heterocycles. The van der Waals surface area contributed by atoms with Gasteiger partial charge in [0.05, 0.1) is 12.0 Å². The van der Waals surface area contributed by atoms with Crippen LogP contribution in [0.1, 0.15) is 18.4 Å². The summed E-state index contributed by atoms with van der Waals surface area (Å²) in [5, 5.41) is 0.771. The molecule has 1 fully saturated rings. The van der Waals surface area contributed by atoms with Gasteiger partial charge in [0, 0.05) is 37.6 Å². The molecular formula is C19H26N4O3S2. The van der Waals surface area contributed by atoms with Crippen LogP contribution in [0.4, 0.5) is 0 Å². The molecule has 0 saturated carbocycles. The van der Waals surface area contributed by atoms with Crippen molar-refractivity contribution in [1.29, 1.82) is 0 Å². The van der Waals surface area contributed by atoms with Crippen LogP contribution in [0.3, 0.4) is 0 Å². The van der Waals surface area contributed by atoms with Crippen molar-refractivity contribution in [2.75, 3.05) is 33.0 Å². The highest BCUT2D eigenvalue weighted by molar-refractivity contribution is 7.98. The van der Waals surface area contributed by atoms with E-state index in [9.17, 15) is 8.42 Å². The summed E-state index contributed by atoms with van der Waals surface area (Å²) in [4.78, 5) is 11.2. The zero-order chi connectivity index (χ0) is 20.0. The number of methoxy groups -OCH3 is 1. The van der Waals surface area contributed by atoms with Crippen molar-refractivity contribution in [3.05, 3.63) is 42.2 Å². The highest BCUT2D eigenvalue weighted by Gasteiger charge is 2.23. The Morgan fingerprint density at radius 1 is 1.25 bits per heavy atom. The standard InChI is InChI=1S/C19H26N4O3S2/c1-26-17-5-7-18(8-6-17)28(24,25)22-12-15-4-3-9-23(13-15)14-16-10-20-19(27-2)21-11-16/h5-8,10-11,15,22H,3-4,9,12-14H2,1-2H3/t15-/m0/s1. The molecule has 1 aliphatic rings. The molecule has 1 N–H and O–H groups in total. The van der Waals surface area contributed by atoms with Gasteiger partial charge < -0.3 is 4.74 Å². The van der Waals surface area contributed by atoms with E-state index in [1.807, 2.05) is 18.6 Å². The molecule has 0 spiro atoms. The fraction of sp³-hybridized carbons (Fsp3) is 0.474. The van der Waals surface area contributed by atoms with Crippen LogP contribution in [-0.4, -0.2) is 56.3 Å².